The Morgan fingerprint density at radius 3 is 2.80 bits per heavy atom. The smallest absolute Gasteiger partial charge is 0.274 e. The van der Waals surface area contributed by atoms with E-state index in [1.807, 2.05) is 13.1 Å². The highest BCUT2D eigenvalue weighted by atomic mass is 32.2. The van der Waals surface area contributed by atoms with Crippen molar-refractivity contribution in [3.8, 4) is 11.5 Å². The van der Waals surface area contributed by atoms with Gasteiger partial charge in [-0.05, 0) is 6.08 Å². The maximum Gasteiger partial charge on any atom is 0.274 e. The summed E-state index contributed by atoms with van der Waals surface area (Å²) < 4.78 is 7.05. The van der Waals surface area contributed by atoms with Crippen LogP contribution < -0.4 is 4.74 Å². The van der Waals surface area contributed by atoms with Gasteiger partial charge < -0.3 is 9.84 Å². The lowest BCUT2D eigenvalue weighted by atomic mass is 10.1. The number of thioether (sulfide) groups is 1. The van der Waals surface area contributed by atoms with E-state index in [2.05, 4.69) is 4.58 Å². The number of rotatable bonds is 4. The van der Waals surface area contributed by atoms with Crippen molar-refractivity contribution in [1.82, 2.24) is 0 Å². The van der Waals surface area contributed by atoms with Crippen LogP contribution in [0.4, 0.5) is 5.69 Å². The highest BCUT2D eigenvalue weighted by Gasteiger charge is 2.18. The number of benzene rings is 1. The standard InChI is InChI=1S/C13H14N2O4S/c1-14-5-6-20-12(14)4-3-9-7-10(15(17)18)8-11(19-2)13(9)16/h3-4,7-8H,5-6H2,1-2H3/p+1. The van der Waals surface area contributed by atoms with Crippen LogP contribution in [0.15, 0.2) is 18.2 Å². The first-order valence-corrected chi connectivity index (χ1v) is 6.96. The highest BCUT2D eigenvalue weighted by Crippen LogP contribution is 2.35. The van der Waals surface area contributed by atoms with Gasteiger partial charge >= 0.3 is 0 Å². The Bertz CT molecular complexity index is 611. The highest BCUT2D eigenvalue weighted by molar-refractivity contribution is 8.14. The minimum absolute atomic E-state index is 0.0938. The average Bonchev–Trinajstić information content (AvgIpc) is 2.83. The van der Waals surface area contributed by atoms with Gasteiger partial charge in [0.1, 0.15) is 7.05 Å². The molecule has 1 heterocycles. The van der Waals surface area contributed by atoms with Crippen LogP contribution in [0.2, 0.25) is 0 Å². The molecule has 0 radical (unpaired) electrons. The lowest BCUT2D eigenvalue weighted by molar-refractivity contribution is -0.485. The van der Waals surface area contributed by atoms with Crippen molar-refractivity contribution in [2.75, 3.05) is 26.5 Å². The van der Waals surface area contributed by atoms with Crippen molar-refractivity contribution < 1.29 is 19.3 Å². The summed E-state index contributed by atoms with van der Waals surface area (Å²) in [5, 5.41) is 21.9. The molecule has 7 heteroatoms. The predicted octanol–water partition coefficient (Wildman–Crippen LogP) is 2.11. The first-order chi connectivity index (χ1) is 9.52. The van der Waals surface area contributed by atoms with Gasteiger partial charge in [-0.1, -0.05) is 11.8 Å². The third-order valence-corrected chi connectivity index (χ3v) is 4.11. The summed E-state index contributed by atoms with van der Waals surface area (Å²) in [6.07, 6.45) is 3.50. The lowest BCUT2D eigenvalue weighted by Gasteiger charge is -2.05. The normalized spacial score (nSPS) is 15.1. The molecule has 1 aliphatic heterocycles. The molecule has 0 saturated heterocycles. The second-order valence-corrected chi connectivity index (χ2v) is 5.40. The topological polar surface area (TPSA) is 75.6 Å². The Kier molecular flexibility index (Phi) is 4.29. The number of nitrogens with zero attached hydrogens (tertiary/aromatic N) is 2. The van der Waals surface area contributed by atoms with Gasteiger partial charge in [-0.15, -0.1) is 0 Å². The predicted molar refractivity (Wildman–Crippen MR) is 78.9 cm³/mol. The van der Waals surface area contributed by atoms with Crippen molar-refractivity contribution in [3.63, 3.8) is 0 Å². The van der Waals surface area contributed by atoms with Crippen LogP contribution in [0.1, 0.15) is 5.56 Å². The summed E-state index contributed by atoms with van der Waals surface area (Å²) in [5.41, 5.74) is 0.251. The number of aromatic hydroxyl groups is 1. The van der Waals surface area contributed by atoms with Crippen LogP contribution >= 0.6 is 11.8 Å². The number of non-ortho nitro benzene ring substituents is 1. The van der Waals surface area contributed by atoms with Crippen molar-refractivity contribution >= 4 is 28.6 Å². The number of phenolic OH excluding ortho intramolecular Hbond substituents is 1. The second kappa shape index (κ2) is 5.96. The van der Waals surface area contributed by atoms with Gasteiger partial charge in [-0.2, -0.15) is 0 Å². The van der Waals surface area contributed by atoms with Crippen molar-refractivity contribution in [3.05, 3.63) is 33.9 Å². The molecule has 1 aromatic rings. The fourth-order valence-electron chi connectivity index (χ4n) is 1.85. The van der Waals surface area contributed by atoms with Gasteiger partial charge in [0.05, 0.1) is 23.9 Å². The maximum absolute atomic E-state index is 10.9. The molecule has 0 bridgehead atoms. The molecule has 1 aromatic carbocycles. The zero-order valence-electron chi connectivity index (χ0n) is 11.2. The number of nitro groups is 1. The van der Waals surface area contributed by atoms with E-state index in [-0.39, 0.29) is 17.2 Å². The largest absolute Gasteiger partial charge is 0.504 e. The van der Waals surface area contributed by atoms with Crippen molar-refractivity contribution in [1.29, 1.82) is 0 Å². The number of ether oxygens (including phenoxy) is 1. The average molecular weight is 295 g/mol. The molecule has 0 saturated carbocycles. The van der Waals surface area contributed by atoms with E-state index >= 15 is 0 Å². The summed E-state index contributed by atoms with van der Waals surface area (Å²) in [6, 6.07) is 2.53. The molecule has 0 fully saturated rings. The summed E-state index contributed by atoms with van der Waals surface area (Å²) in [4.78, 5) is 10.4. The van der Waals surface area contributed by atoms with E-state index in [1.54, 1.807) is 17.8 Å². The molecule has 6 nitrogen and oxygen atoms in total. The van der Waals surface area contributed by atoms with E-state index in [4.69, 9.17) is 4.74 Å². The SMILES string of the molecule is COc1cc([N+](=O)[O-])cc(/C=C/C2=[N+](C)CCS2)c1O. The molecule has 0 aromatic heterocycles. The Morgan fingerprint density at radius 1 is 1.50 bits per heavy atom. The van der Waals surface area contributed by atoms with Gasteiger partial charge in [0, 0.05) is 17.7 Å². The van der Waals surface area contributed by atoms with Gasteiger partial charge in [-0.3, -0.25) is 10.1 Å². The minimum Gasteiger partial charge on any atom is -0.504 e. The zero-order valence-corrected chi connectivity index (χ0v) is 12.0. The van der Waals surface area contributed by atoms with E-state index in [9.17, 15) is 15.2 Å². The summed E-state index contributed by atoms with van der Waals surface area (Å²) >= 11 is 1.71. The summed E-state index contributed by atoms with van der Waals surface area (Å²) in [5.74, 6) is 1.01. The van der Waals surface area contributed by atoms with E-state index in [0.717, 1.165) is 17.3 Å². The van der Waals surface area contributed by atoms with Gasteiger partial charge in [-0.25, -0.2) is 4.58 Å². The number of hydrogen-bond acceptors (Lipinski definition) is 5. The third-order valence-electron chi connectivity index (χ3n) is 2.98. The Labute approximate surface area is 120 Å². The molecular weight excluding hydrogens is 280 g/mol. The van der Waals surface area contributed by atoms with Crippen LogP contribution in [-0.4, -0.2) is 46.1 Å². The first-order valence-electron chi connectivity index (χ1n) is 5.97. The molecule has 0 aliphatic carbocycles. The van der Waals surface area contributed by atoms with Crippen LogP contribution in [-0.2, 0) is 0 Å². The molecule has 2 rings (SSSR count). The van der Waals surface area contributed by atoms with Gasteiger partial charge in [0.25, 0.3) is 5.69 Å². The van der Waals surface area contributed by atoms with E-state index in [0.29, 0.717) is 5.56 Å². The number of phenols is 1. The van der Waals surface area contributed by atoms with Crippen LogP contribution in [0.25, 0.3) is 6.08 Å². The number of methoxy groups -OCH3 is 1. The number of nitro benzene ring substituents is 1. The monoisotopic (exact) mass is 295 g/mol. The van der Waals surface area contributed by atoms with Crippen LogP contribution in [0, 0.1) is 10.1 Å². The second-order valence-electron chi connectivity index (χ2n) is 4.28. The Balaban J connectivity index is 2.40. The van der Waals surface area contributed by atoms with Crippen LogP contribution in [0.3, 0.4) is 0 Å². The van der Waals surface area contributed by atoms with Gasteiger partial charge in [0.2, 0.25) is 5.04 Å². The van der Waals surface area contributed by atoms with Crippen molar-refractivity contribution in [2.24, 2.45) is 0 Å². The molecule has 1 aliphatic rings. The lowest BCUT2D eigenvalue weighted by Crippen LogP contribution is -2.06. The fraction of sp³-hybridized carbons (Fsp3) is 0.308. The van der Waals surface area contributed by atoms with Gasteiger partial charge in [0.15, 0.2) is 18.0 Å². The minimum atomic E-state index is -0.511. The summed E-state index contributed by atoms with van der Waals surface area (Å²) in [6.45, 7) is 0.967. The fourth-order valence-corrected chi connectivity index (χ4v) is 2.90. The molecule has 0 spiro atoms. The molecule has 1 N–H and O–H groups in total. The third kappa shape index (κ3) is 2.93. The van der Waals surface area contributed by atoms with Crippen molar-refractivity contribution in [2.45, 2.75) is 0 Å². The molecule has 0 unspecified atom stereocenters. The van der Waals surface area contributed by atoms with Crippen LogP contribution in [0.5, 0.6) is 11.5 Å². The maximum atomic E-state index is 10.9. The first kappa shape index (κ1) is 14.4. The molecule has 0 atom stereocenters. The molecule has 106 valence electrons. The Morgan fingerprint density at radius 2 is 2.25 bits per heavy atom. The Hall–Kier alpha value is -2.02. The number of hydrogen-bond donors (Lipinski definition) is 1. The molecular formula is C13H15N2O4S+. The zero-order chi connectivity index (χ0) is 14.7. The molecule has 0 amide bonds. The molecule has 20 heavy (non-hydrogen) atoms. The quantitative estimate of drug-likeness (QED) is 0.523. The van der Waals surface area contributed by atoms with E-state index in [1.165, 1.54) is 19.2 Å². The summed E-state index contributed by atoms with van der Waals surface area (Å²) in [7, 11) is 3.34. The van der Waals surface area contributed by atoms with E-state index < -0.39 is 4.92 Å².